The summed E-state index contributed by atoms with van der Waals surface area (Å²) in [4.78, 5) is 34.5. The summed E-state index contributed by atoms with van der Waals surface area (Å²) >= 11 is 0. The monoisotopic (exact) mass is 416 g/mol. The van der Waals surface area contributed by atoms with Crippen LogP contribution < -0.4 is 0 Å². The molecule has 6 nitrogen and oxygen atoms in total. The van der Waals surface area contributed by atoms with E-state index in [1.165, 1.54) is 0 Å². The molecule has 4 aromatic carbocycles. The second kappa shape index (κ2) is 6.99. The zero-order valence-electron chi connectivity index (χ0n) is 16.8. The molecule has 0 aliphatic carbocycles. The summed E-state index contributed by atoms with van der Waals surface area (Å²) < 4.78 is 3.11. The van der Waals surface area contributed by atoms with E-state index >= 15 is 0 Å². The Hall–Kier alpha value is -4.58. The minimum atomic E-state index is -0.162. The SMILES string of the molecule is O=Cn1c(-c2ccc(C(=O)n3cnc4ccccc43)c3ccccc23)nc2ccccc21. The predicted octanol–water partition coefficient (Wildman–Crippen LogP) is 4.93. The van der Waals surface area contributed by atoms with Crippen LogP contribution in [0.4, 0.5) is 0 Å². The topological polar surface area (TPSA) is 69.8 Å². The summed E-state index contributed by atoms with van der Waals surface area (Å²) in [5.74, 6) is 0.384. The third-order valence-electron chi connectivity index (χ3n) is 5.77. The maximum atomic E-state index is 13.5. The number of nitrogens with zero attached hydrogens (tertiary/aromatic N) is 4. The molecule has 0 aliphatic heterocycles. The van der Waals surface area contributed by atoms with Crippen LogP contribution in [0.5, 0.6) is 0 Å². The van der Waals surface area contributed by atoms with Crippen molar-refractivity contribution in [3.63, 3.8) is 0 Å². The number of hydrogen-bond acceptors (Lipinski definition) is 4. The average Bonchev–Trinajstić information content (AvgIpc) is 3.44. The van der Waals surface area contributed by atoms with Crippen molar-refractivity contribution >= 4 is 45.2 Å². The van der Waals surface area contributed by atoms with E-state index in [1.807, 2.05) is 78.9 Å². The van der Waals surface area contributed by atoms with Crippen LogP contribution in [-0.2, 0) is 4.79 Å². The summed E-state index contributed by atoms with van der Waals surface area (Å²) in [5.41, 5.74) is 4.35. The Morgan fingerprint density at radius 2 is 1.44 bits per heavy atom. The molecule has 0 radical (unpaired) electrons. The van der Waals surface area contributed by atoms with Gasteiger partial charge in [-0.25, -0.2) is 9.97 Å². The van der Waals surface area contributed by atoms with Crippen LogP contribution in [0.2, 0.25) is 0 Å². The smallest absolute Gasteiger partial charge is 0.264 e. The molecule has 0 aliphatic rings. The molecule has 0 fully saturated rings. The van der Waals surface area contributed by atoms with Gasteiger partial charge in [-0.1, -0.05) is 48.5 Å². The van der Waals surface area contributed by atoms with E-state index in [0.717, 1.165) is 44.8 Å². The van der Waals surface area contributed by atoms with E-state index in [-0.39, 0.29) is 5.91 Å². The Labute approximate surface area is 182 Å². The molecular weight excluding hydrogens is 400 g/mol. The molecular formula is C26H16N4O2. The number of carbonyl (C=O) groups is 2. The normalized spacial score (nSPS) is 11.4. The number of hydrogen-bond donors (Lipinski definition) is 0. The van der Waals surface area contributed by atoms with E-state index in [4.69, 9.17) is 4.98 Å². The summed E-state index contributed by atoms with van der Waals surface area (Å²) in [6.45, 7) is 0. The zero-order valence-corrected chi connectivity index (χ0v) is 16.8. The number of imidazole rings is 2. The van der Waals surface area contributed by atoms with E-state index in [0.29, 0.717) is 11.4 Å². The van der Waals surface area contributed by atoms with Gasteiger partial charge >= 0.3 is 0 Å². The zero-order chi connectivity index (χ0) is 21.7. The van der Waals surface area contributed by atoms with Crippen molar-refractivity contribution in [2.75, 3.05) is 0 Å². The van der Waals surface area contributed by atoms with E-state index in [1.54, 1.807) is 21.5 Å². The fourth-order valence-corrected chi connectivity index (χ4v) is 4.27. The molecule has 32 heavy (non-hydrogen) atoms. The van der Waals surface area contributed by atoms with Crippen LogP contribution in [0.25, 0.3) is 44.2 Å². The number of para-hydroxylation sites is 4. The van der Waals surface area contributed by atoms with Gasteiger partial charge < -0.3 is 0 Å². The molecule has 152 valence electrons. The second-order valence-electron chi connectivity index (χ2n) is 7.51. The minimum Gasteiger partial charge on any atom is -0.278 e. The van der Waals surface area contributed by atoms with Crippen molar-refractivity contribution in [1.82, 2.24) is 19.1 Å². The van der Waals surface area contributed by atoms with Gasteiger partial charge in [-0.15, -0.1) is 0 Å². The average molecular weight is 416 g/mol. The summed E-state index contributed by atoms with van der Waals surface area (Å²) in [6, 6.07) is 26.4. The summed E-state index contributed by atoms with van der Waals surface area (Å²) in [6.07, 6.45) is 2.33. The lowest BCUT2D eigenvalue weighted by Gasteiger charge is -2.11. The Morgan fingerprint density at radius 3 is 2.25 bits per heavy atom. The quantitative estimate of drug-likeness (QED) is 0.384. The van der Waals surface area contributed by atoms with Crippen molar-refractivity contribution in [3.8, 4) is 11.4 Å². The van der Waals surface area contributed by atoms with Crippen LogP contribution in [-0.4, -0.2) is 31.4 Å². The Balaban J connectivity index is 1.58. The molecule has 0 N–H and O–H groups in total. The Morgan fingerprint density at radius 1 is 0.750 bits per heavy atom. The van der Waals surface area contributed by atoms with Gasteiger partial charge in [0.25, 0.3) is 5.91 Å². The van der Waals surface area contributed by atoms with Crippen molar-refractivity contribution in [1.29, 1.82) is 0 Å². The number of carbonyl (C=O) groups excluding carboxylic acids is 2. The lowest BCUT2D eigenvalue weighted by Crippen LogP contribution is -2.11. The first-order valence-corrected chi connectivity index (χ1v) is 10.2. The van der Waals surface area contributed by atoms with Crippen LogP contribution in [0.15, 0.2) is 91.3 Å². The standard InChI is InChI=1S/C26H16N4O2/c31-16-30-24-12-6-4-10-22(24)28-25(30)19-13-14-20(18-8-2-1-7-17(18)19)26(32)29-15-27-21-9-3-5-11-23(21)29/h1-16H. The first-order valence-electron chi connectivity index (χ1n) is 10.2. The molecule has 0 amide bonds. The minimum absolute atomic E-state index is 0.162. The van der Waals surface area contributed by atoms with Gasteiger partial charge in [0.1, 0.15) is 12.2 Å². The van der Waals surface area contributed by atoms with Crippen LogP contribution in [0.1, 0.15) is 10.4 Å². The lowest BCUT2D eigenvalue weighted by atomic mass is 9.98. The van der Waals surface area contributed by atoms with E-state index in [2.05, 4.69) is 4.98 Å². The molecule has 2 aromatic heterocycles. The highest BCUT2D eigenvalue weighted by atomic mass is 16.2. The highest BCUT2D eigenvalue weighted by molar-refractivity contribution is 6.13. The Kier molecular flexibility index (Phi) is 3.98. The highest BCUT2D eigenvalue weighted by Crippen LogP contribution is 2.32. The molecule has 0 saturated carbocycles. The second-order valence-corrected chi connectivity index (χ2v) is 7.51. The molecule has 0 spiro atoms. The van der Waals surface area contributed by atoms with Gasteiger partial charge in [-0.3, -0.25) is 18.7 Å². The molecule has 6 aromatic rings. The summed E-state index contributed by atoms with van der Waals surface area (Å²) in [7, 11) is 0. The maximum absolute atomic E-state index is 13.5. The first-order chi connectivity index (χ1) is 15.8. The van der Waals surface area contributed by atoms with Gasteiger partial charge in [0, 0.05) is 11.1 Å². The summed E-state index contributed by atoms with van der Waals surface area (Å²) in [5, 5.41) is 1.64. The van der Waals surface area contributed by atoms with Gasteiger partial charge in [0.05, 0.1) is 22.1 Å². The molecule has 2 heterocycles. The highest BCUT2D eigenvalue weighted by Gasteiger charge is 2.19. The maximum Gasteiger partial charge on any atom is 0.264 e. The van der Waals surface area contributed by atoms with Gasteiger partial charge in [-0.05, 0) is 47.2 Å². The van der Waals surface area contributed by atoms with E-state index < -0.39 is 0 Å². The lowest BCUT2D eigenvalue weighted by molar-refractivity contribution is 0.0966. The van der Waals surface area contributed by atoms with Crippen LogP contribution in [0, 0.1) is 0 Å². The third-order valence-corrected chi connectivity index (χ3v) is 5.77. The van der Waals surface area contributed by atoms with E-state index in [9.17, 15) is 9.59 Å². The number of benzene rings is 4. The largest absolute Gasteiger partial charge is 0.278 e. The molecule has 0 saturated heterocycles. The van der Waals surface area contributed by atoms with Gasteiger partial charge in [-0.2, -0.15) is 0 Å². The fraction of sp³-hybridized carbons (Fsp3) is 0. The predicted molar refractivity (Wildman–Crippen MR) is 124 cm³/mol. The van der Waals surface area contributed by atoms with Crippen molar-refractivity contribution in [2.45, 2.75) is 0 Å². The molecule has 0 atom stereocenters. The van der Waals surface area contributed by atoms with Crippen molar-refractivity contribution in [3.05, 3.63) is 96.8 Å². The number of fused-ring (bicyclic) bond motifs is 3. The third kappa shape index (κ3) is 2.60. The molecule has 6 heteroatoms. The fourth-order valence-electron chi connectivity index (χ4n) is 4.27. The Bertz CT molecular complexity index is 1680. The van der Waals surface area contributed by atoms with Gasteiger partial charge in [0.2, 0.25) is 6.41 Å². The molecule has 6 rings (SSSR count). The first kappa shape index (κ1) is 18.2. The molecule has 0 bridgehead atoms. The van der Waals surface area contributed by atoms with Crippen molar-refractivity contribution < 1.29 is 9.59 Å². The van der Waals surface area contributed by atoms with Crippen LogP contribution >= 0.6 is 0 Å². The number of aromatic nitrogens is 4. The number of rotatable bonds is 3. The van der Waals surface area contributed by atoms with Gasteiger partial charge in [0.15, 0.2) is 0 Å². The molecule has 0 unspecified atom stereocenters. The van der Waals surface area contributed by atoms with Crippen molar-refractivity contribution in [2.24, 2.45) is 0 Å². The van der Waals surface area contributed by atoms with Crippen LogP contribution in [0.3, 0.4) is 0 Å².